The summed E-state index contributed by atoms with van der Waals surface area (Å²) < 4.78 is 39.4. The van der Waals surface area contributed by atoms with E-state index in [-0.39, 0.29) is 20.6 Å². The Balaban J connectivity index is 1.62. The van der Waals surface area contributed by atoms with Gasteiger partial charge in [-0.05, 0) is 55.0 Å². The molecule has 0 N–H and O–H groups in total. The van der Waals surface area contributed by atoms with Gasteiger partial charge in [-0.25, -0.2) is 0 Å². The fourth-order valence-corrected chi connectivity index (χ4v) is 5.45. The van der Waals surface area contributed by atoms with E-state index in [1.807, 2.05) is 31.2 Å². The Bertz CT molecular complexity index is 1370. The van der Waals surface area contributed by atoms with Crippen molar-refractivity contribution in [3.8, 4) is 0 Å². The largest absolute Gasteiger partial charge is 0.416 e. The zero-order valence-corrected chi connectivity index (χ0v) is 20.4. The number of thioether (sulfide) groups is 1. The van der Waals surface area contributed by atoms with Crippen LogP contribution in [0.5, 0.6) is 0 Å². The van der Waals surface area contributed by atoms with E-state index in [2.05, 4.69) is 0 Å². The van der Waals surface area contributed by atoms with E-state index in [0.29, 0.717) is 10.5 Å². The Labute approximate surface area is 212 Å². The Morgan fingerprint density at radius 1 is 1.09 bits per heavy atom. The minimum Gasteiger partial charge on any atom is -0.268 e. The van der Waals surface area contributed by atoms with E-state index in [1.54, 1.807) is 12.1 Å². The SMILES string of the molecule is Cc1ccc(Sc2ccc(C=C3SC(=S)N(c4cccc(C(F)(F)F)c4)C3=O)cc2[N+](=O)[O-])cc1. The molecule has 5 nitrogen and oxygen atoms in total. The number of halogens is 3. The summed E-state index contributed by atoms with van der Waals surface area (Å²) in [7, 11) is 0. The van der Waals surface area contributed by atoms with Gasteiger partial charge in [0.2, 0.25) is 0 Å². The molecule has 11 heteroatoms. The number of carbonyl (C=O) groups is 1. The molecule has 0 saturated carbocycles. The third kappa shape index (κ3) is 5.58. The van der Waals surface area contributed by atoms with Gasteiger partial charge in [-0.1, -0.05) is 65.6 Å². The second-order valence-electron chi connectivity index (χ2n) is 7.46. The summed E-state index contributed by atoms with van der Waals surface area (Å²) >= 11 is 7.40. The van der Waals surface area contributed by atoms with E-state index in [1.165, 1.54) is 36.0 Å². The molecule has 0 aliphatic carbocycles. The second kappa shape index (κ2) is 9.84. The molecule has 0 bridgehead atoms. The van der Waals surface area contributed by atoms with Crippen LogP contribution in [0.25, 0.3) is 6.08 Å². The summed E-state index contributed by atoms with van der Waals surface area (Å²) in [6.45, 7) is 1.95. The number of aryl methyl sites for hydroxylation is 1. The van der Waals surface area contributed by atoms with Gasteiger partial charge in [0.05, 0.1) is 26.0 Å². The van der Waals surface area contributed by atoms with Crippen molar-refractivity contribution >= 4 is 63.4 Å². The maximum atomic E-state index is 13.1. The van der Waals surface area contributed by atoms with Crippen LogP contribution in [0, 0.1) is 17.0 Å². The lowest BCUT2D eigenvalue weighted by Gasteiger charge is -2.16. The van der Waals surface area contributed by atoms with Crippen LogP contribution in [0.15, 0.2) is 81.4 Å². The van der Waals surface area contributed by atoms with Gasteiger partial charge >= 0.3 is 6.18 Å². The fourth-order valence-electron chi connectivity index (χ4n) is 3.25. The van der Waals surface area contributed by atoms with Crippen molar-refractivity contribution in [3.05, 3.63) is 98.4 Å². The molecule has 1 saturated heterocycles. The van der Waals surface area contributed by atoms with E-state index >= 15 is 0 Å². The van der Waals surface area contributed by atoms with Crippen LogP contribution in [0.1, 0.15) is 16.7 Å². The lowest BCUT2D eigenvalue weighted by atomic mass is 10.1. The first-order valence-electron chi connectivity index (χ1n) is 10.0. The molecule has 3 aromatic carbocycles. The number of nitrogens with zero attached hydrogens (tertiary/aromatic N) is 2. The molecule has 3 aromatic rings. The normalized spacial score (nSPS) is 15.2. The summed E-state index contributed by atoms with van der Waals surface area (Å²) in [6, 6.07) is 16.5. The molecule has 1 aliphatic heterocycles. The maximum Gasteiger partial charge on any atom is 0.416 e. The Kier molecular flexibility index (Phi) is 7.02. The van der Waals surface area contributed by atoms with E-state index in [0.717, 1.165) is 39.3 Å². The van der Waals surface area contributed by atoms with Gasteiger partial charge in [-0.2, -0.15) is 13.2 Å². The van der Waals surface area contributed by atoms with Crippen molar-refractivity contribution in [3.63, 3.8) is 0 Å². The first kappa shape index (κ1) is 25.0. The van der Waals surface area contributed by atoms with Crippen LogP contribution in [0.4, 0.5) is 24.5 Å². The van der Waals surface area contributed by atoms with Crippen molar-refractivity contribution in [1.82, 2.24) is 0 Å². The average Bonchev–Trinajstić information content (AvgIpc) is 3.08. The minimum absolute atomic E-state index is 0.00144. The minimum atomic E-state index is -4.57. The molecule has 1 aliphatic rings. The molecule has 4 rings (SSSR count). The number of alkyl halides is 3. The number of nitro groups is 1. The van der Waals surface area contributed by atoms with Crippen molar-refractivity contribution in [1.29, 1.82) is 0 Å². The molecule has 0 aromatic heterocycles. The lowest BCUT2D eigenvalue weighted by Crippen LogP contribution is -2.27. The highest BCUT2D eigenvalue weighted by molar-refractivity contribution is 8.27. The Hall–Kier alpha value is -3.15. The third-order valence-electron chi connectivity index (χ3n) is 4.95. The summed E-state index contributed by atoms with van der Waals surface area (Å²) in [5, 5.41) is 11.7. The Morgan fingerprint density at radius 2 is 1.80 bits per heavy atom. The van der Waals surface area contributed by atoms with Gasteiger partial charge in [0.25, 0.3) is 11.6 Å². The number of amides is 1. The van der Waals surface area contributed by atoms with Gasteiger partial charge in [-0.15, -0.1) is 0 Å². The zero-order chi connectivity index (χ0) is 25.3. The number of rotatable bonds is 5. The lowest BCUT2D eigenvalue weighted by molar-refractivity contribution is -0.387. The molecule has 0 radical (unpaired) electrons. The van der Waals surface area contributed by atoms with Gasteiger partial charge in [-0.3, -0.25) is 19.8 Å². The smallest absolute Gasteiger partial charge is 0.268 e. The molecule has 1 heterocycles. The van der Waals surface area contributed by atoms with Crippen molar-refractivity contribution in [2.75, 3.05) is 4.90 Å². The van der Waals surface area contributed by atoms with E-state index in [4.69, 9.17) is 12.2 Å². The topological polar surface area (TPSA) is 63.5 Å². The number of carbonyl (C=O) groups excluding carboxylic acids is 1. The van der Waals surface area contributed by atoms with Crippen LogP contribution >= 0.6 is 35.7 Å². The van der Waals surface area contributed by atoms with Gasteiger partial charge in [0.15, 0.2) is 4.32 Å². The highest BCUT2D eigenvalue weighted by Gasteiger charge is 2.36. The quantitative estimate of drug-likeness (QED) is 0.147. The third-order valence-corrected chi connectivity index (χ3v) is 7.33. The van der Waals surface area contributed by atoms with Gasteiger partial charge in [0.1, 0.15) is 0 Å². The number of thiocarbonyl (C=S) groups is 1. The highest BCUT2D eigenvalue weighted by atomic mass is 32.2. The predicted octanol–water partition coefficient (Wildman–Crippen LogP) is 7.48. The number of benzene rings is 3. The van der Waals surface area contributed by atoms with Crippen LogP contribution in [0.2, 0.25) is 0 Å². The number of nitro benzene ring substituents is 1. The van der Waals surface area contributed by atoms with Crippen molar-refractivity contribution < 1.29 is 22.9 Å². The van der Waals surface area contributed by atoms with Crippen LogP contribution in [-0.2, 0) is 11.0 Å². The monoisotopic (exact) mass is 532 g/mol. The fraction of sp³-hybridized carbons (Fsp3) is 0.0833. The maximum absolute atomic E-state index is 13.1. The summed E-state index contributed by atoms with van der Waals surface area (Å²) in [4.78, 5) is 26.6. The number of hydrogen-bond acceptors (Lipinski definition) is 6. The second-order valence-corrected chi connectivity index (χ2v) is 10.3. The highest BCUT2D eigenvalue weighted by Crippen LogP contribution is 2.40. The first-order valence-corrected chi connectivity index (χ1v) is 12.1. The van der Waals surface area contributed by atoms with Crippen LogP contribution in [-0.4, -0.2) is 15.2 Å². The summed E-state index contributed by atoms with van der Waals surface area (Å²) in [5.74, 6) is -0.597. The number of hydrogen-bond donors (Lipinski definition) is 0. The molecule has 0 unspecified atom stereocenters. The molecule has 35 heavy (non-hydrogen) atoms. The van der Waals surface area contributed by atoms with Crippen molar-refractivity contribution in [2.24, 2.45) is 0 Å². The Morgan fingerprint density at radius 3 is 2.46 bits per heavy atom. The van der Waals surface area contributed by atoms with Gasteiger partial charge in [0, 0.05) is 11.0 Å². The molecular weight excluding hydrogens is 517 g/mol. The first-order chi connectivity index (χ1) is 16.5. The predicted molar refractivity (Wildman–Crippen MR) is 135 cm³/mol. The van der Waals surface area contributed by atoms with Crippen molar-refractivity contribution in [2.45, 2.75) is 22.9 Å². The zero-order valence-electron chi connectivity index (χ0n) is 17.9. The van der Waals surface area contributed by atoms with Crippen LogP contribution in [0.3, 0.4) is 0 Å². The summed E-state index contributed by atoms with van der Waals surface area (Å²) in [6.07, 6.45) is -3.12. The summed E-state index contributed by atoms with van der Waals surface area (Å²) in [5.41, 5.74) is 0.445. The molecule has 0 spiro atoms. The average molecular weight is 533 g/mol. The van der Waals surface area contributed by atoms with E-state index in [9.17, 15) is 28.1 Å². The molecular formula is C24H15F3N2O3S3. The van der Waals surface area contributed by atoms with Gasteiger partial charge < -0.3 is 0 Å². The standard InChI is InChI=1S/C24H15F3N2O3S3/c1-14-5-8-18(9-6-14)34-20-10-7-15(11-19(20)29(31)32)12-21-22(30)28(23(33)35-21)17-4-2-3-16(13-17)24(25,26)27/h2-13H,1H3. The number of anilines is 1. The molecule has 0 atom stereocenters. The molecule has 178 valence electrons. The van der Waals surface area contributed by atoms with Crippen LogP contribution < -0.4 is 4.90 Å². The van der Waals surface area contributed by atoms with E-state index < -0.39 is 22.6 Å². The molecule has 1 amide bonds. The molecule has 1 fully saturated rings.